The van der Waals surface area contributed by atoms with Crippen molar-refractivity contribution in [2.24, 2.45) is 7.05 Å². The molecule has 12 heteroatoms. The zero-order valence-electron chi connectivity index (χ0n) is 23.6. The van der Waals surface area contributed by atoms with Crippen LogP contribution in [0, 0.1) is 12.7 Å². The fourth-order valence-electron chi connectivity index (χ4n) is 5.22. The van der Waals surface area contributed by atoms with E-state index in [9.17, 15) is 4.79 Å². The summed E-state index contributed by atoms with van der Waals surface area (Å²) in [4.78, 5) is 29.6. The summed E-state index contributed by atoms with van der Waals surface area (Å²) in [5.74, 6) is 1.46. The van der Waals surface area contributed by atoms with Crippen LogP contribution in [0.2, 0.25) is 0 Å². The molecule has 1 aliphatic rings. The van der Waals surface area contributed by atoms with Gasteiger partial charge in [-0.2, -0.15) is 0 Å². The number of anilines is 3. The zero-order valence-corrected chi connectivity index (χ0v) is 23.6. The Bertz CT molecular complexity index is 1820. The van der Waals surface area contributed by atoms with Crippen molar-refractivity contribution < 1.29 is 13.9 Å². The normalized spacial score (nSPS) is 15.1. The van der Waals surface area contributed by atoms with E-state index in [0.29, 0.717) is 58.3 Å². The molecule has 1 saturated heterocycles. The number of nitrogens with one attached hydrogen (secondary N) is 1. The number of halogens is 1. The van der Waals surface area contributed by atoms with E-state index in [1.165, 1.54) is 12.4 Å². The number of hydrogen-bond donors (Lipinski definition) is 1. The predicted molar refractivity (Wildman–Crippen MR) is 159 cm³/mol. The third-order valence-corrected chi connectivity index (χ3v) is 7.66. The third-order valence-electron chi connectivity index (χ3n) is 7.66. The van der Waals surface area contributed by atoms with Gasteiger partial charge < -0.3 is 19.9 Å². The average molecular weight is 568 g/mol. The summed E-state index contributed by atoms with van der Waals surface area (Å²) in [5, 5.41) is 11.2. The molecule has 0 bridgehead atoms. The molecule has 0 saturated carbocycles. The number of likely N-dealkylation sites (N-methyl/N-ethyl adjacent to an activating group) is 1. The quantitative estimate of drug-likeness (QED) is 0.274. The van der Waals surface area contributed by atoms with E-state index in [4.69, 9.17) is 9.72 Å². The van der Waals surface area contributed by atoms with Crippen LogP contribution >= 0.6 is 0 Å². The van der Waals surface area contributed by atoms with Crippen molar-refractivity contribution in [2.45, 2.75) is 25.8 Å². The lowest BCUT2D eigenvalue weighted by Gasteiger charge is -2.37. The number of nitrogens with zero attached hydrogens (tertiary/aromatic N) is 8. The average Bonchev–Trinajstić information content (AvgIpc) is 3.39. The van der Waals surface area contributed by atoms with Gasteiger partial charge in [-0.1, -0.05) is 11.8 Å². The van der Waals surface area contributed by atoms with Crippen LogP contribution in [0.25, 0.3) is 22.1 Å². The number of aryl methyl sites for hydroxylation is 1. The Balaban J connectivity index is 1.25. The first-order valence-electron chi connectivity index (χ1n) is 13.6. The molecule has 1 atom stereocenters. The van der Waals surface area contributed by atoms with E-state index in [2.05, 4.69) is 37.1 Å². The molecular weight excluding hydrogens is 537 g/mol. The van der Waals surface area contributed by atoms with Gasteiger partial charge in [0.1, 0.15) is 34.7 Å². The van der Waals surface area contributed by atoms with Crippen molar-refractivity contribution in [3.63, 3.8) is 0 Å². The van der Waals surface area contributed by atoms with E-state index in [1.807, 2.05) is 32.3 Å². The minimum absolute atomic E-state index is 0.0697. The van der Waals surface area contributed by atoms with Gasteiger partial charge in [0, 0.05) is 44.9 Å². The van der Waals surface area contributed by atoms with Crippen LogP contribution in [0.3, 0.4) is 0 Å². The molecule has 0 radical (unpaired) electrons. The van der Waals surface area contributed by atoms with Gasteiger partial charge in [0.2, 0.25) is 5.91 Å². The standard InChI is InChI=1S/C30H30FN9O2/c1-5-27(41)40-14-6-7-19(16-40)38(3)26-13-10-22-29(35-26)30(33-17-32-22)34-21-9-12-25(18(2)28(21)31)42-20-8-11-24-23(15-20)36-37-39(24)4/h5,8-13,15,17,19H,1,6-7,14,16H2,2-4H3,(H,32,33,34). The van der Waals surface area contributed by atoms with E-state index in [0.717, 1.165) is 18.4 Å². The molecule has 6 rings (SSSR count). The number of ether oxygens (including phenoxy) is 1. The second-order valence-electron chi connectivity index (χ2n) is 10.3. The smallest absolute Gasteiger partial charge is 0.246 e. The van der Waals surface area contributed by atoms with Crippen molar-refractivity contribution in [1.29, 1.82) is 0 Å². The largest absolute Gasteiger partial charge is 0.457 e. The van der Waals surface area contributed by atoms with Crippen molar-refractivity contribution in [3.05, 3.63) is 72.8 Å². The molecule has 4 heterocycles. The highest BCUT2D eigenvalue weighted by Crippen LogP contribution is 2.34. The minimum Gasteiger partial charge on any atom is -0.457 e. The molecule has 0 spiro atoms. The summed E-state index contributed by atoms with van der Waals surface area (Å²) in [6.07, 6.45) is 4.59. The number of fused-ring (bicyclic) bond motifs is 2. The Labute approximate surface area is 241 Å². The lowest BCUT2D eigenvalue weighted by atomic mass is 10.0. The molecular formula is C30H30FN9O2. The number of pyridine rings is 1. The lowest BCUT2D eigenvalue weighted by Crippen LogP contribution is -2.48. The van der Waals surface area contributed by atoms with Crippen LogP contribution in [-0.2, 0) is 11.8 Å². The molecule has 1 unspecified atom stereocenters. The maximum atomic E-state index is 15.6. The molecule has 42 heavy (non-hydrogen) atoms. The predicted octanol–water partition coefficient (Wildman–Crippen LogP) is 4.90. The number of aromatic nitrogens is 6. The van der Waals surface area contributed by atoms with Crippen molar-refractivity contribution in [3.8, 4) is 11.5 Å². The highest BCUT2D eigenvalue weighted by molar-refractivity contribution is 5.89. The highest BCUT2D eigenvalue weighted by atomic mass is 19.1. The summed E-state index contributed by atoms with van der Waals surface area (Å²) in [6, 6.07) is 12.6. The topological polar surface area (TPSA) is 114 Å². The maximum Gasteiger partial charge on any atom is 0.246 e. The van der Waals surface area contributed by atoms with E-state index < -0.39 is 5.82 Å². The number of carbonyl (C=O) groups is 1. The SMILES string of the molecule is C=CC(=O)N1CCCC(N(C)c2ccc3ncnc(Nc4ccc(Oc5ccc6c(c5)nnn6C)c(C)c4F)c3n2)C1. The number of hydrogen-bond acceptors (Lipinski definition) is 9. The summed E-state index contributed by atoms with van der Waals surface area (Å²) in [6.45, 7) is 6.57. The second kappa shape index (κ2) is 11.0. The molecule has 1 fully saturated rings. The van der Waals surface area contributed by atoms with Crippen molar-refractivity contribution >= 4 is 45.3 Å². The highest BCUT2D eigenvalue weighted by Gasteiger charge is 2.26. The first-order valence-corrected chi connectivity index (χ1v) is 13.6. The van der Waals surface area contributed by atoms with E-state index in [-0.39, 0.29) is 17.6 Å². The Morgan fingerprint density at radius 2 is 2.05 bits per heavy atom. The van der Waals surface area contributed by atoms with Gasteiger partial charge in [-0.25, -0.2) is 24.0 Å². The Morgan fingerprint density at radius 3 is 2.88 bits per heavy atom. The summed E-state index contributed by atoms with van der Waals surface area (Å²) in [5.41, 5.74) is 3.25. The molecule has 5 aromatic rings. The monoisotopic (exact) mass is 567 g/mol. The lowest BCUT2D eigenvalue weighted by molar-refractivity contribution is -0.127. The molecule has 3 aromatic heterocycles. The fourth-order valence-corrected chi connectivity index (χ4v) is 5.22. The van der Waals surface area contributed by atoms with Crippen molar-refractivity contribution in [2.75, 3.05) is 30.4 Å². The van der Waals surface area contributed by atoms with Gasteiger partial charge in [0.05, 0.1) is 16.7 Å². The number of likely N-dealkylation sites (tertiary alicyclic amines) is 1. The third kappa shape index (κ3) is 5.06. The van der Waals surface area contributed by atoms with E-state index in [1.54, 1.807) is 40.8 Å². The number of piperidine rings is 1. The molecule has 214 valence electrons. The molecule has 1 aliphatic heterocycles. The Morgan fingerprint density at radius 1 is 1.19 bits per heavy atom. The Kier molecular flexibility index (Phi) is 7.11. The van der Waals surface area contributed by atoms with Gasteiger partial charge in [-0.3, -0.25) is 4.79 Å². The van der Waals surface area contributed by atoms with Crippen LogP contribution < -0.4 is 15.0 Å². The number of rotatable bonds is 7. The second-order valence-corrected chi connectivity index (χ2v) is 10.3. The van der Waals surface area contributed by atoms with Crippen LogP contribution in [0.4, 0.5) is 21.7 Å². The maximum absolute atomic E-state index is 15.6. The zero-order chi connectivity index (χ0) is 29.4. The van der Waals surface area contributed by atoms with Crippen LogP contribution in [0.5, 0.6) is 11.5 Å². The van der Waals surface area contributed by atoms with Gasteiger partial charge in [0.25, 0.3) is 0 Å². The van der Waals surface area contributed by atoms with Crippen LogP contribution in [0.15, 0.2) is 61.4 Å². The first kappa shape index (κ1) is 27.1. The summed E-state index contributed by atoms with van der Waals surface area (Å²) in [7, 11) is 3.77. The molecule has 11 nitrogen and oxygen atoms in total. The first-order chi connectivity index (χ1) is 20.3. The van der Waals surface area contributed by atoms with Gasteiger partial charge in [-0.05, 0) is 62.2 Å². The molecule has 2 aromatic carbocycles. The van der Waals surface area contributed by atoms with Crippen LogP contribution in [0.1, 0.15) is 18.4 Å². The van der Waals surface area contributed by atoms with Gasteiger partial charge >= 0.3 is 0 Å². The Hall–Kier alpha value is -5.13. The number of benzene rings is 2. The molecule has 1 amide bonds. The van der Waals surface area contributed by atoms with Crippen molar-refractivity contribution in [1.82, 2.24) is 34.8 Å². The van der Waals surface area contributed by atoms with Gasteiger partial charge in [-0.15, -0.1) is 5.10 Å². The van der Waals surface area contributed by atoms with Gasteiger partial charge in [0.15, 0.2) is 11.6 Å². The summed E-state index contributed by atoms with van der Waals surface area (Å²) >= 11 is 0. The van der Waals surface area contributed by atoms with E-state index >= 15 is 4.39 Å². The number of amides is 1. The summed E-state index contributed by atoms with van der Waals surface area (Å²) < 4.78 is 23.3. The minimum atomic E-state index is -0.470. The van der Waals surface area contributed by atoms with Crippen LogP contribution in [-0.4, -0.2) is 66.9 Å². The fraction of sp³-hybridized carbons (Fsp3) is 0.267. The molecule has 0 aliphatic carbocycles. The number of carbonyl (C=O) groups excluding carboxylic acids is 1. The molecule has 1 N–H and O–H groups in total.